The molecule has 0 N–H and O–H groups in total. The van der Waals surface area contributed by atoms with Gasteiger partial charge in [0.25, 0.3) is 0 Å². The van der Waals surface area contributed by atoms with E-state index in [1.807, 2.05) is 20.8 Å². The zero-order valence-electron chi connectivity index (χ0n) is 8.25. The quantitative estimate of drug-likeness (QED) is 0.729. The van der Waals surface area contributed by atoms with E-state index in [1.54, 1.807) is 0 Å². The summed E-state index contributed by atoms with van der Waals surface area (Å²) in [5.74, 6) is -0.178. The van der Waals surface area contributed by atoms with Crippen LogP contribution in [0.1, 0.15) is 32.3 Å². The van der Waals surface area contributed by atoms with E-state index in [2.05, 4.69) is 4.74 Å². The van der Waals surface area contributed by atoms with Gasteiger partial charge in [0.2, 0.25) is 0 Å². The molecule has 0 atom stereocenters. The van der Waals surface area contributed by atoms with Crippen LogP contribution in [0.2, 0.25) is 0 Å². The van der Waals surface area contributed by atoms with Crippen LogP contribution in [-0.4, -0.2) is 6.47 Å². The van der Waals surface area contributed by atoms with Crippen molar-refractivity contribution in [3.05, 3.63) is 22.1 Å². The molecular weight excluding hydrogens is 188 g/mol. The van der Waals surface area contributed by atoms with Crippen molar-refractivity contribution in [3.63, 3.8) is 0 Å². The fraction of sp³-hybridized carbons (Fsp3) is 0.556. The number of hydrogen-bond donors (Lipinski definition) is 0. The summed E-state index contributed by atoms with van der Waals surface area (Å²) in [6.45, 7) is 6.68. The molecule has 1 aromatic rings. The van der Waals surface area contributed by atoms with Gasteiger partial charge in [0.05, 0.1) is 0 Å². The Labute approximate surface area is 80.7 Å². The summed E-state index contributed by atoms with van der Waals surface area (Å²) in [4.78, 5) is 20.7. The molecule has 0 fully saturated rings. The van der Waals surface area contributed by atoms with Gasteiger partial charge in [-0.2, -0.15) is 0 Å². The third kappa shape index (κ3) is 2.25. The fourth-order valence-corrected chi connectivity index (χ4v) is 1.07. The predicted molar refractivity (Wildman–Crippen MR) is 46.4 cm³/mol. The van der Waals surface area contributed by atoms with Crippen LogP contribution in [0.3, 0.4) is 0 Å². The van der Waals surface area contributed by atoms with Crippen molar-refractivity contribution >= 4 is 6.47 Å². The molecular formula is C9H11O5. The Morgan fingerprint density at radius 3 is 2.50 bits per heavy atom. The highest BCUT2D eigenvalue weighted by atomic mass is 16.6. The van der Waals surface area contributed by atoms with Crippen LogP contribution in [0.5, 0.6) is 0 Å². The van der Waals surface area contributed by atoms with Gasteiger partial charge in [-0.25, -0.2) is 9.59 Å². The van der Waals surface area contributed by atoms with E-state index >= 15 is 0 Å². The molecule has 0 aliphatic heterocycles. The van der Waals surface area contributed by atoms with E-state index in [1.165, 1.54) is 6.47 Å². The number of carbonyl (C=O) groups excluding carboxylic acids is 1. The standard InChI is InChI=1S/C9H11O5/c1-9(2,3)7-6(4-12-5-10)13-8(11)14-7/h4H2,1-3H3. The van der Waals surface area contributed by atoms with Crippen molar-refractivity contribution in [2.75, 3.05) is 0 Å². The maximum absolute atomic E-state index is 10.8. The molecule has 0 aromatic carbocycles. The van der Waals surface area contributed by atoms with Gasteiger partial charge in [0.1, 0.15) is 0 Å². The van der Waals surface area contributed by atoms with Crippen molar-refractivity contribution in [3.8, 4) is 0 Å². The van der Waals surface area contributed by atoms with Gasteiger partial charge in [0, 0.05) is 5.41 Å². The molecule has 0 amide bonds. The Morgan fingerprint density at radius 2 is 2.00 bits per heavy atom. The number of rotatable bonds is 3. The van der Waals surface area contributed by atoms with Crippen LogP contribution < -0.4 is 5.82 Å². The SMILES string of the molecule is CC(C)(C)c1oc(=O)oc1CO[C]=O. The van der Waals surface area contributed by atoms with Crippen molar-refractivity contribution < 1.29 is 18.4 Å². The van der Waals surface area contributed by atoms with Gasteiger partial charge >= 0.3 is 12.3 Å². The molecule has 0 bridgehead atoms. The third-order valence-electron chi connectivity index (χ3n) is 1.59. The molecule has 77 valence electrons. The molecule has 14 heavy (non-hydrogen) atoms. The summed E-state index contributed by atoms with van der Waals surface area (Å²) in [5.41, 5.74) is -0.367. The molecule has 0 aliphatic rings. The Morgan fingerprint density at radius 1 is 1.36 bits per heavy atom. The first-order chi connectivity index (χ1) is 6.45. The lowest BCUT2D eigenvalue weighted by molar-refractivity contribution is 0.233. The predicted octanol–water partition coefficient (Wildman–Crippen LogP) is 1.11. The Hall–Kier alpha value is -1.52. The molecule has 0 saturated heterocycles. The van der Waals surface area contributed by atoms with Gasteiger partial charge < -0.3 is 13.6 Å². The highest BCUT2D eigenvalue weighted by Crippen LogP contribution is 2.25. The lowest BCUT2D eigenvalue weighted by Gasteiger charge is -2.14. The van der Waals surface area contributed by atoms with Crippen LogP contribution >= 0.6 is 0 Å². The van der Waals surface area contributed by atoms with Crippen molar-refractivity contribution in [1.82, 2.24) is 0 Å². The first-order valence-corrected chi connectivity index (χ1v) is 4.07. The number of hydrogen-bond acceptors (Lipinski definition) is 5. The average Bonchev–Trinajstić information content (AvgIpc) is 2.42. The van der Waals surface area contributed by atoms with Gasteiger partial charge in [-0.05, 0) is 0 Å². The van der Waals surface area contributed by atoms with E-state index < -0.39 is 5.82 Å². The van der Waals surface area contributed by atoms with Gasteiger partial charge in [0.15, 0.2) is 18.1 Å². The lowest BCUT2D eigenvalue weighted by Crippen LogP contribution is -2.13. The van der Waals surface area contributed by atoms with Crippen LogP contribution in [0.15, 0.2) is 13.6 Å². The van der Waals surface area contributed by atoms with Crippen molar-refractivity contribution in [1.29, 1.82) is 0 Å². The molecule has 1 aromatic heterocycles. The molecule has 1 rings (SSSR count). The molecule has 0 spiro atoms. The fourth-order valence-electron chi connectivity index (χ4n) is 1.07. The summed E-state index contributed by atoms with van der Waals surface area (Å²) in [6.07, 6.45) is 0. The Kier molecular flexibility index (Phi) is 2.78. The van der Waals surface area contributed by atoms with E-state index in [0.717, 1.165) is 0 Å². The first-order valence-electron chi connectivity index (χ1n) is 4.07. The molecule has 5 nitrogen and oxygen atoms in total. The zero-order chi connectivity index (χ0) is 10.8. The maximum Gasteiger partial charge on any atom is 0.519 e. The second-order valence-corrected chi connectivity index (χ2v) is 3.83. The molecule has 0 saturated carbocycles. The minimum Gasteiger partial charge on any atom is -0.449 e. The zero-order valence-corrected chi connectivity index (χ0v) is 8.25. The summed E-state index contributed by atoms with van der Waals surface area (Å²) < 4.78 is 13.9. The third-order valence-corrected chi connectivity index (χ3v) is 1.59. The molecule has 0 unspecified atom stereocenters. The van der Waals surface area contributed by atoms with Gasteiger partial charge in [-0.3, -0.25) is 0 Å². The second-order valence-electron chi connectivity index (χ2n) is 3.83. The first kappa shape index (κ1) is 10.6. The van der Waals surface area contributed by atoms with Gasteiger partial charge in [-0.15, -0.1) is 0 Å². The van der Waals surface area contributed by atoms with Crippen LogP contribution in [0.4, 0.5) is 0 Å². The van der Waals surface area contributed by atoms with Crippen LogP contribution in [-0.2, 0) is 21.6 Å². The molecule has 0 aliphatic carbocycles. The highest BCUT2D eigenvalue weighted by molar-refractivity contribution is 5.38. The van der Waals surface area contributed by atoms with E-state index in [0.29, 0.717) is 5.76 Å². The van der Waals surface area contributed by atoms with Gasteiger partial charge in [-0.1, -0.05) is 20.8 Å². The minimum atomic E-state index is -0.792. The number of ether oxygens (including phenoxy) is 1. The van der Waals surface area contributed by atoms with Crippen molar-refractivity contribution in [2.45, 2.75) is 32.8 Å². The smallest absolute Gasteiger partial charge is 0.449 e. The topological polar surface area (TPSA) is 69.7 Å². The second kappa shape index (κ2) is 3.69. The Bertz CT molecular complexity index is 365. The minimum absolute atomic E-state index is 0.137. The normalized spacial score (nSPS) is 11.4. The van der Waals surface area contributed by atoms with Crippen LogP contribution in [0, 0.1) is 0 Å². The molecule has 1 heterocycles. The Balaban J connectivity index is 3.03. The summed E-state index contributed by atoms with van der Waals surface area (Å²) in [6, 6.07) is 0. The molecule has 5 heteroatoms. The summed E-state index contributed by atoms with van der Waals surface area (Å²) >= 11 is 0. The highest BCUT2D eigenvalue weighted by Gasteiger charge is 2.25. The average molecular weight is 199 g/mol. The molecule has 1 radical (unpaired) electrons. The van der Waals surface area contributed by atoms with Crippen LogP contribution in [0.25, 0.3) is 0 Å². The van der Waals surface area contributed by atoms with E-state index in [9.17, 15) is 9.59 Å². The van der Waals surface area contributed by atoms with E-state index in [4.69, 9.17) is 8.83 Å². The maximum atomic E-state index is 10.8. The largest absolute Gasteiger partial charge is 0.519 e. The van der Waals surface area contributed by atoms with Crippen molar-refractivity contribution in [2.24, 2.45) is 0 Å². The summed E-state index contributed by atoms with van der Waals surface area (Å²) in [5, 5.41) is 0. The van der Waals surface area contributed by atoms with E-state index in [-0.39, 0.29) is 17.8 Å². The lowest BCUT2D eigenvalue weighted by atomic mass is 9.92. The monoisotopic (exact) mass is 199 g/mol. The summed E-state index contributed by atoms with van der Waals surface area (Å²) in [7, 11) is 0.